The molecule has 2 aromatic rings. The number of ether oxygens (including phenoxy) is 1. The molecule has 2 N–H and O–H groups in total. The predicted molar refractivity (Wildman–Crippen MR) is 74.0 cm³/mol. The number of nitrogens with zero attached hydrogens (tertiary/aromatic N) is 2. The number of nitrogens with two attached hydrogens (primary N) is 1. The third kappa shape index (κ3) is 2.83. The van der Waals surface area contributed by atoms with Gasteiger partial charge < -0.3 is 10.5 Å². The Morgan fingerprint density at radius 3 is 2.47 bits per heavy atom. The van der Waals surface area contributed by atoms with Crippen LogP contribution in [0.25, 0.3) is 0 Å². The van der Waals surface area contributed by atoms with Gasteiger partial charge in [-0.15, -0.1) is 0 Å². The smallest absolute Gasteiger partial charge is 0.244 e. The summed E-state index contributed by atoms with van der Waals surface area (Å²) in [6.07, 6.45) is 1.51. The Morgan fingerprint density at radius 2 is 1.89 bits per heavy atom. The molecular weight excluding hydrogens is 238 g/mol. The van der Waals surface area contributed by atoms with Crippen molar-refractivity contribution in [3.8, 4) is 17.7 Å². The number of benzene rings is 1. The molecule has 0 spiro atoms. The van der Waals surface area contributed by atoms with Crippen LogP contribution in [-0.2, 0) is 0 Å². The summed E-state index contributed by atoms with van der Waals surface area (Å²) < 4.78 is 5.60. The molecule has 0 saturated carbocycles. The minimum absolute atomic E-state index is 0.261. The average molecular weight is 253 g/mol. The summed E-state index contributed by atoms with van der Waals surface area (Å²) in [7, 11) is 0. The fourth-order valence-corrected chi connectivity index (χ4v) is 1.67. The fraction of sp³-hybridized carbons (Fsp3) is 0.200. The Balaban J connectivity index is 2.24. The molecule has 4 nitrogen and oxygen atoms in total. The van der Waals surface area contributed by atoms with Crippen molar-refractivity contribution in [3.05, 3.63) is 47.7 Å². The first-order chi connectivity index (χ1) is 9.11. The summed E-state index contributed by atoms with van der Waals surface area (Å²) in [5.74, 6) is 1.38. The quantitative estimate of drug-likeness (QED) is 0.909. The van der Waals surface area contributed by atoms with E-state index < -0.39 is 0 Å². The number of nitrogen functional groups attached to an aromatic ring is 1. The Hall–Kier alpha value is -2.54. The second-order valence-electron chi connectivity index (χ2n) is 4.51. The van der Waals surface area contributed by atoms with Gasteiger partial charge in [0, 0.05) is 6.20 Å². The second-order valence-corrected chi connectivity index (χ2v) is 4.51. The average Bonchev–Trinajstić information content (AvgIpc) is 2.42. The van der Waals surface area contributed by atoms with Crippen molar-refractivity contribution in [2.45, 2.75) is 19.8 Å². The zero-order chi connectivity index (χ0) is 13.8. The monoisotopic (exact) mass is 253 g/mol. The zero-order valence-electron chi connectivity index (χ0n) is 10.9. The van der Waals surface area contributed by atoms with E-state index >= 15 is 0 Å². The molecule has 0 bridgehead atoms. The van der Waals surface area contributed by atoms with Crippen LogP contribution in [0.1, 0.15) is 30.9 Å². The maximum Gasteiger partial charge on any atom is 0.244 e. The standard InChI is InChI=1S/C15H15N3O/c1-10(2)11-3-5-13(6-4-11)19-15-14(17)12(9-16)7-8-18-15/h3-8,10H,17H2,1-2H3. The molecule has 2 rings (SSSR count). The van der Waals surface area contributed by atoms with E-state index in [0.29, 0.717) is 17.2 Å². The van der Waals surface area contributed by atoms with Crippen molar-refractivity contribution in [2.24, 2.45) is 0 Å². The van der Waals surface area contributed by atoms with Gasteiger partial charge >= 0.3 is 0 Å². The van der Waals surface area contributed by atoms with Crippen LogP contribution in [0, 0.1) is 11.3 Å². The summed E-state index contributed by atoms with van der Waals surface area (Å²) in [5.41, 5.74) is 7.67. The number of aromatic nitrogens is 1. The number of hydrogen-bond acceptors (Lipinski definition) is 4. The summed E-state index contributed by atoms with van der Waals surface area (Å²) in [6.45, 7) is 4.26. The second kappa shape index (κ2) is 5.40. The molecule has 1 aromatic carbocycles. The van der Waals surface area contributed by atoms with Gasteiger partial charge in [0.25, 0.3) is 0 Å². The van der Waals surface area contributed by atoms with Crippen LogP contribution in [0.3, 0.4) is 0 Å². The number of anilines is 1. The van der Waals surface area contributed by atoms with E-state index in [0.717, 1.165) is 0 Å². The van der Waals surface area contributed by atoms with Crippen LogP contribution < -0.4 is 10.5 Å². The normalized spacial score (nSPS) is 10.2. The molecule has 4 heteroatoms. The highest BCUT2D eigenvalue weighted by Gasteiger charge is 2.08. The minimum Gasteiger partial charge on any atom is -0.437 e. The van der Waals surface area contributed by atoms with E-state index in [1.165, 1.54) is 11.8 Å². The molecule has 0 fully saturated rings. The van der Waals surface area contributed by atoms with Crippen molar-refractivity contribution in [1.29, 1.82) is 5.26 Å². The lowest BCUT2D eigenvalue weighted by Gasteiger charge is -2.09. The Kier molecular flexibility index (Phi) is 3.67. The molecule has 96 valence electrons. The van der Waals surface area contributed by atoms with Crippen molar-refractivity contribution >= 4 is 5.69 Å². The van der Waals surface area contributed by atoms with Crippen molar-refractivity contribution in [3.63, 3.8) is 0 Å². The van der Waals surface area contributed by atoms with E-state index in [-0.39, 0.29) is 11.6 Å². The number of nitriles is 1. The molecule has 0 aliphatic rings. The maximum atomic E-state index is 8.89. The van der Waals surface area contributed by atoms with Crippen LogP contribution in [0.5, 0.6) is 11.6 Å². The number of rotatable bonds is 3. The Bertz CT molecular complexity index is 612. The van der Waals surface area contributed by atoms with Gasteiger partial charge in [-0.05, 0) is 29.7 Å². The molecule has 1 heterocycles. The highest BCUT2D eigenvalue weighted by atomic mass is 16.5. The molecule has 0 unspecified atom stereocenters. The summed E-state index contributed by atoms with van der Waals surface area (Å²) >= 11 is 0. The van der Waals surface area contributed by atoms with Gasteiger partial charge in [0.1, 0.15) is 17.5 Å². The van der Waals surface area contributed by atoms with E-state index in [9.17, 15) is 0 Å². The van der Waals surface area contributed by atoms with Crippen molar-refractivity contribution < 1.29 is 4.74 Å². The molecule has 0 aliphatic heterocycles. The van der Waals surface area contributed by atoms with E-state index in [4.69, 9.17) is 15.7 Å². The summed E-state index contributed by atoms with van der Waals surface area (Å²) in [4.78, 5) is 4.04. The summed E-state index contributed by atoms with van der Waals surface area (Å²) in [5, 5.41) is 8.89. The lowest BCUT2D eigenvalue weighted by Crippen LogP contribution is -1.98. The minimum atomic E-state index is 0.261. The Morgan fingerprint density at radius 1 is 1.21 bits per heavy atom. The lowest BCUT2D eigenvalue weighted by molar-refractivity contribution is 0.465. The molecule has 0 atom stereocenters. The third-order valence-electron chi connectivity index (χ3n) is 2.84. The lowest BCUT2D eigenvalue weighted by atomic mass is 10.0. The molecule has 0 aliphatic carbocycles. The predicted octanol–water partition coefficient (Wildman–Crippen LogP) is 3.45. The van der Waals surface area contributed by atoms with E-state index in [1.807, 2.05) is 30.3 Å². The van der Waals surface area contributed by atoms with Crippen molar-refractivity contribution in [2.75, 3.05) is 5.73 Å². The fourth-order valence-electron chi connectivity index (χ4n) is 1.67. The first-order valence-corrected chi connectivity index (χ1v) is 6.04. The molecule has 0 amide bonds. The first kappa shape index (κ1) is 12.9. The molecular formula is C15H15N3O. The van der Waals surface area contributed by atoms with Crippen LogP contribution in [0.15, 0.2) is 36.5 Å². The van der Waals surface area contributed by atoms with Gasteiger partial charge in [-0.1, -0.05) is 26.0 Å². The van der Waals surface area contributed by atoms with E-state index in [1.54, 1.807) is 6.07 Å². The van der Waals surface area contributed by atoms with Gasteiger partial charge in [-0.3, -0.25) is 0 Å². The molecule has 0 radical (unpaired) electrons. The van der Waals surface area contributed by atoms with Gasteiger partial charge in [0.05, 0.1) is 5.56 Å². The number of pyridine rings is 1. The van der Waals surface area contributed by atoms with Crippen LogP contribution in [-0.4, -0.2) is 4.98 Å². The van der Waals surface area contributed by atoms with Crippen LogP contribution in [0.4, 0.5) is 5.69 Å². The largest absolute Gasteiger partial charge is 0.437 e. The van der Waals surface area contributed by atoms with Gasteiger partial charge in [0.2, 0.25) is 5.88 Å². The number of hydrogen-bond donors (Lipinski definition) is 1. The highest BCUT2D eigenvalue weighted by molar-refractivity contribution is 5.60. The summed E-state index contributed by atoms with van der Waals surface area (Å²) in [6, 6.07) is 11.3. The Labute approximate surface area is 112 Å². The van der Waals surface area contributed by atoms with Crippen molar-refractivity contribution in [1.82, 2.24) is 4.98 Å². The van der Waals surface area contributed by atoms with Crippen LogP contribution >= 0.6 is 0 Å². The zero-order valence-corrected chi connectivity index (χ0v) is 10.9. The third-order valence-corrected chi connectivity index (χ3v) is 2.84. The molecule has 1 aromatic heterocycles. The SMILES string of the molecule is CC(C)c1ccc(Oc2nccc(C#N)c2N)cc1. The van der Waals surface area contributed by atoms with Gasteiger partial charge in [-0.25, -0.2) is 4.98 Å². The highest BCUT2D eigenvalue weighted by Crippen LogP contribution is 2.28. The molecule has 19 heavy (non-hydrogen) atoms. The van der Waals surface area contributed by atoms with Crippen LogP contribution in [0.2, 0.25) is 0 Å². The molecule has 0 saturated heterocycles. The van der Waals surface area contributed by atoms with Gasteiger partial charge in [0.15, 0.2) is 0 Å². The maximum absolute atomic E-state index is 8.89. The van der Waals surface area contributed by atoms with Gasteiger partial charge in [-0.2, -0.15) is 5.26 Å². The topological polar surface area (TPSA) is 71.9 Å². The first-order valence-electron chi connectivity index (χ1n) is 6.04. The van der Waals surface area contributed by atoms with E-state index in [2.05, 4.69) is 18.8 Å².